The van der Waals surface area contributed by atoms with Crippen LogP contribution in [0.5, 0.6) is 0 Å². The number of hydrogen-bond donors (Lipinski definition) is 2. The molecule has 0 saturated heterocycles. The van der Waals surface area contributed by atoms with Crippen LogP contribution in [-0.4, -0.2) is 26.0 Å². The first kappa shape index (κ1) is 17.5. The van der Waals surface area contributed by atoms with Gasteiger partial charge in [-0.15, -0.1) is 0 Å². The van der Waals surface area contributed by atoms with E-state index in [1.807, 2.05) is 6.26 Å². The minimum atomic E-state index is -3.45. The van der Waals surface area contributed by atoms with Gasteiger partial charge in [-0.2, -0.15) is 11.8 Å². The Labute approximate surface area is 126 Å². The first-order valence-electron chi connectivity index (χ1n) is 6.77. The van der Waals surface area contributed by atoms with E-state index in [2.05, 4.69) is 18.6 Å². The summed E-state index contributed by atoms with van der Waals surface area (Å²) in [5.74, 6) is 0. The first-order chi connectivity index (χ1) is 9.43. The molecular formula is C14H24N2O2S2. The molecule has 0 heterocycles. The molecule has 0 unspecified atom stereocenters. The Hall–Kier alpha value is -0.560. The lowest BCUT2D eigenvalue weighted by atomic mass is 10.0. The zero-order valence-corrected chi connectivity index (χ0v) is 14.0. The van der Waals surface area contributed by atoms with Crippen molar-refractivity contribution >= 4 is 21.8 Å². The van der Waals surface area contributed by atoms with Gasteiger partial charge in [0.15, 0.2) is 0 Å². The summed E-state index contributed by atoms with van der Waals surface area (Å²) < 4.78 is 27.2. The van der Waals surface area contributed by atoms with Crippen LogP contribution in [0.4, 0.5) is 0 Å². The number of thioether (sulfide) groups is 1. The van der Waals surface area contributed by atoms with Crippen LogP contribution in [0.3, 0.4) is 0 Å². The Balaban J connectivity index is 2.84. The number of hydrogen-bond acceptors (Lipinski definition) is 4. The van der Waals surface area contributed by atoms with Gasteiger partial charge in [-0.05, 0) is 36.8 Å². The molecular weight excluding hydrogens is 292 g/mol. The molecule has 20 heavy (non-hydrogen) atoms. The van der Waals surface area contributed by atoms with Gasteiger partial charge in [0, 0.05) is 17.8 Å². The van der Waals surface area contributed by atoms with Crippen LogP contribution in [0.1, 0.15) is 32.3 Å². The minimum absolute atomic E-state index is 0.0374. The van der Waals surface area contributed by atoms with Crippen molar-refractivity contribution in [1.82, 2.24) is 4.72 Å². The third kappa shape index (κ3) is 4.22. The van der Waals surface area contributed by atoms with Crippen LogP contribution in [0.15, 0.2) is 29.2 Å². The van der Waals surface area contributed by atoms with Crippen molar-refractivity contribution in [3.05, 3.63) is 29.8 Å². The molecule has 0 bridgehead atoms. The molecule has 0 aliphatic carbocycles. The summed E-state index contributed by atoms with van der Waals surface area (Å²) in [5.41, 5.74) is 6.43. The van der Waals surface area contributed by atoms with Crippen LogP contribution in [0.2, 0.25) is 0 Å². The van der Waals surface area contributed by atoms with Gasteiger partial charge in [0.05, 0.1) is 4.90 Å². The molecule has 3 N–H and O–H groups in total. The van der Waals surface area contributed by atoms with E-state index >= 15 is 0 Å². The predicted molar refractivity (Wildman–Crippen MR) is 86.3 cm³/mol. The van der Waals surface area contributed by atoms with E-state index in [4.69, 9.17) is 5.73 Å². The molecule has 4 nitrogen and oxygen atoms in total. The largest absolute Gasteiger partial charge is 0.326 e. The third-order valence-corrected chi connectivity index (χ3v) is 6.78. The number of nitrogens with one attached hydrogen (secondary N) is 1. The molecule has 1 aromatic rings. The second kappa shape index (κ2) is 7.45. The van der Waals surface area contributed by atoms with Gasteiger partial charge < -0.3 is 5.73 Å². The SMILES string of the molecule is CCC(CC)(CNS(=O)(=O)c1ccc(CN)cc1)SC. The highest BCUT2D eigenvalue weighted by Gasteiger charge is 2.27. The number of rotatable bonds is 8. The van der Waals surface area contributed by atoms with Gasteiger partial charge in [-0.3, -0.25) is 0 Å². The Morgan fingerprint density at radius 1 is 1.20 bits per heavy atom. The van der Waals surface area contributed by atoms with E-state index in [-0.39, 0.29) is 9.64 Å². The third-order valence-electron chi connectivity index (χ3n) is 3.78. The zero-order chi connectivity index (χ0) is 15.2. The maximum absolute atomic E-state index is 12.3. The van der Waals surface area contributed by atoms with Crippen LogP contribution in [0.25, 0.3) is 0 Å². The van der Waals surface area contributed by atoms with Crippen molar-refractivity contribution in [2.75, 3.05) is 12.8 Å². The van der Waals surface area contributed by atoms with E-state index in [0.717, 1.165) is 18.4 Å². The molecule has 0 aliphatic rings. The van der Waals surface area contributed by atoms with Crippen molar-refractivity contribution < 1.29 is 8.42 Å². The molecule has 6 heteroatoms. The molecule has 114 valence electrons. The van der Waals surface area contributed by atoms with Crippen LogP contribution in [-0.2, 0) is 16.6 Å². The van der Waals surface area contributed by atoms with Gasteiger partial charge in [-0.1, -0.05) is 26.0 Å². The molecule has 0 spiro atoms. The highest BCUT2D eigenvalue weighted by atomic mass is 32.2. The number of sulfonamides is 1. The summed E-state index contributed by atoms with van der Waals surface area (Å²) in [6, 6.07) is 6.69. The quantitative estimate of drug-likeness (QED) is 0.772. The average Bonchev–Trinajstić information content (AvgIpc) is 2.49. The zero-order valence-electron chi connectivity index (χ0n) is 12.3. The average molecular weight is 316 g/mol. The van der Waals surface area contributed by atoms with Crippen molar-refractivity contribution in [3.63, 3.8) is 0 Å². The summed E-state index contributed by atoms with van der Waals surface area (Å²) in [6.45, 7) is 5.03. The van der Waals surface area contributed by atoms with E-state index < -0.39 is 10.0 Å². The lowest BCUT2D eigenvalue weighted by Crippen LogP contribution is -2.39. The van der Waals surface area contributed by atoms with Crippen molar-refractivity contribution in [1.29, 1.82) is 0 Å². The number of benzene rings is 1. The maximum Gasteiger partial charge on any atom is 0.240 e. The highest BCUT2D eigenvalue weighted by Crippen LogP contribution is 2.30. The summed E-state index contributed by atoms with van der Waals surface area (Å²) in [7, 11) is -3.45. The molecule has 0 aliphatic heterocycles. The Morgan fingerprint density at radius 2 is 1.75 bits per heavy atom. The van der Waals surface area contributed by atoms with Gasteiger partial charge in [-0.25, -0.2) is 13.1 Å². The van der Waals surface area contributed by atoms with Crippen LogP contribution < -0.4 is 10.5 Å². The Morgan fingerprint density at radius 3 is 2.15 bits per heavy atom. The normalized spacial score (nSPS) is 12.6. The molecule has 0 aromatic heterocycles. The standard InChI is InChI=1S/C14H24N2O2S2/c1-4-14(5-2,19-3)11-16-20(17,18)13-8-6-12(10-15)7-9-13/h6-9,16H,4-5,10-11,15H2,1-3H3. The molecule has 1 aromatic carbocycles. The predicted octanol–water partition coefficient (Wildman–Crippen LogP) is 2.35. The molecule has 0 radical (unpaired) electrons. The Kier molecular flexibility index (Phi) is 6.51. The van der Waals surface area contributed by atoms with Crippen molar-refractivity contribution in [2.45, 2.75) is 42.9 Å². The second-order valence-electron chi connectivity index (χ2n) is 4.77. The molecule has 0 fully saturated rings. The first-order valence-corrected chi connectivity index (χ1v) is 9.47. The lowest BCUT2D eigenvalue weighted by Gasteiger charge is -2.29. The van der Waals surface area contributed by atoms with Crippen molar-refractivity contribution in [3.8, 4) is 0 Å². The summed E-state index contributed by atoms with van der Waals surface area (Å²) >= 11 is 1.72. The van der Waals surface area contributed by atoms with E-state index in [0.29, 0.717) is 13.1 Å². The van der Waals surface area contributed by atoms with Crippen LogP contribution in [0, 0.1) is 0 Å². The Bertz CT molecular complexity index is 500. The fourth-order valence-electron chi connectivity index (χ4n) is 1.98. The molecule has 0 amide bonds. The van der Waals surface area contributed by atoms with Gasteiger partial charge in [0.1, 0.15) is 0 Å². The van der Waals surface area contributed by atoms with Crippen molar-refractivity contribution in [2.24, 2.45) is 5.73 Å². The number of nitrogens with two attached hydrogens (primary N) is 1. The fraction of sp³-hybridized carbons (Fsp3) is 0.571. The smallest absolute Gasteiger partial charge is 0.240 e. The van der Waals surface area contributed by atoms with E-state index in [9.17, 15) is 8.42 Å². The summed E-state index contributed by atoms with van der Waals surface area (Å²) in [6.07, 6.45) is 3.88. The van der Waals surface area contributed by atoms with Gasteiger partial charge in [0.25, 0.3) is 0 Å². The molecule has 1 rings (SSSR count). The monoisotopic (exact) mass is 316 g/mol. The van der Waals surface area contributed by atoms with Gasteiger partial charge in [0.2, 0.25) is 10.0 Å². The van der Waals surface area contributed by atoms with Gasteiger partial charge >= 0.3 is 0 Å². The summed E-state index contributed by atoms with van der Waals surface area (Å²) in [5, 5.41) is 0. The van der Waals surface area contributed by atoms with E-state index in [1.54, 1.807) is 36.0 Å². The topological polar surface area (TPSA) is 72.2 Å². The summed E-state index contributed by atoms with van der Waals surface area (Å²) in [4.78, 5) is 0.289. The fourth-order valence-corrected chi connectivity index (χ4v) is 3.99. The molecule has 0 atom stereocenters. The maximum atomic E-state index is 12.3. The van der Waals surface area contributed by atoms with Crippen LogP contribution >= 0.6 is 11.8 Å². The lowest BCUT2D eigenvalue weighted by molar-refractivity contribution is 0.522. The minimum Gasteiger partial charge on any atom is -0.326 e. The van der Waals surface area contributed by atoms with E-state index in [1.165, 1.54) is 0 Å². The molecule has 0 saturated carbocycles. The second-order valence-corrected chi connectivity index (χ2v) is 7.81. The highest BCUT2D eigenvalue weighted by molar-refractivity contribution is 8.00.